The molecule has 1 aromatic carbocycles. The Morgan fingerprint density at radius 3 is 2.00 bits per heavy atom. The van der Waals surface area contributed by atoms with Crippen molar-refractivity contribution < 1.29 is 13.2 Å². The largest absolute Gasteiger partial charge is 0.410 e. The van der Waals surface area contributed by atoms with Crippen LogP contribution < -0.4 is 5.32 Å². The molecule has 0 bridgehead atoms. The van der Waals surface area contributed by atoms with Crippen LogP contribution in [0.3, 0.4) is 0 Å². The Kier molecular flexibility index (Phi) is 5.02. The van der Waals surface area contributed by atoms with Gasteiger partial charge in [-0.15, -0.1) is 0 Å². The van der Waals surface area contributed by atoms with Gasteiger partial charge in [0, 0.05) is 0 Å². The summed E-state index contributed by atoms with van der Waals surface area (Å²) in [6.45, 7) is 7.31. The van der Waals surface area contributed by atoms with Gasteiger partial charge in [0.05, 0.1) is 0 Å². The molecule has 1 atom stereocenters. The third kappa shape index (κ3) is 3.72. The summed E-state index contributed by atoms with van der Waals surface area (Å²) in [5.74, 6) is 0.494. The molecule has 1 rings (SSSR count). The fourth-order valence-electron chi connectivity index (χ4n) is 2.17. The van der Waals surface area contributed by atoms with Gasteiger partial charge in [-0.25, -0.2) is 0 Å². The maximum Gasteiger partial charge on any atom is 0.410 e. The van der Waals surface area contributed by atoms with E-state index in [2.05, 4.69) is 19.2 Å². The molecule has 0 radical (unpaired) electrons. The molecule has 1 aromatic rings. The molecule has 0 saturated heterocycles. The predicted molar refractivity (Wildman–Crippen MR) is 72.1 cm³/mol. The van der Waals surface area contributed by atoms with Crippen molar-refractivity contribution in [1.82, 2.24) is 5.32 Å². The van der Waals surface area contributed by atoms with Gasteiger partial charge in [0.2, 0.25) is 0 Å². The van der Waals surface area contributed by atoms with Gasteiger partial charge in [-0.1, -0.05) is 45.0 Å². The van der Waals surface area contributed by atoms with Gasteiger partial charge >= 0.3 is 6.18 Å². The van der Waals surface area contributed by atoms with Crippen LogP contribution >= 0.6 is 0 Å². The van der Waals surface area contributed by atoms with Gasteiger partial charge in [-0.2, -0.15) is 13.2 Å². The van der Waals surface area contributed by atoms with Crippen molar-refractivity contribution >= 4 is 0 Å². The molecule has 1 N–H and O–H groups in total. The number of hydrogen-bond donors (Lipinski definition) is 1. The Morgan fingerprint density at radius 2 is 1.63 bits per heavy atom. The van der Waals surface area contributed by atoms with Gasteiger partial charge in [0.1, 0.15) is 5.54 Å². The SMILES string of the molecule is CCNC(C)(c1ccc(CC(C)C)cc1)C(F)(F)F. The number of halogens is 3. The molecule has 0 aliphatic rings. The molecule has 108 valence electrons. The van der Waals surface area contributed by atoms with Crippen LogP contribution in [0.4, 0.5) is 13.2 Å². The summed E-state index contributed by atoms with van der Waals surface area (Å²) < 4.78 is 39.7. The monoisotopic (exact) mass is 273 g/mol. The van der Waals surface area contributed by atoms with E-state index in [1.807, 2.05) is 0 Å². The minimum atomic E-state index is -4.32. The van der Waals surface area contributed by atoms with Crippen molar-refractivity contribution in [3.05, 3.63) is 35.4 Å². The minimum absolute atomic E-state index is 0.259. The van der Waals surface area contributed by atoms with E-state index < -0.39 is 11.7 Å². The molecule has 0 aromatic heterocycles. The summed E-state index contributed by atoms with van der Waals surface area (Å²) in [5.41, 5.74) is -0.660. The van der Waals surface area contributed by atoms with Crippen molar-refractivity contribution in [2.45, 2.75) is 45.8 Å². The van der Waals surface area contributed by atoms with Crippen LogP contribution in [0, 0.1) is 5.92 Å². The lowest BCUT2D eigenvalue weighted by molar-refractivity contribution is -0.195. The average molecular weight is 273 g/mol. The lowest BCUT2D eigenvalue weighted by Crippen LogP contribution is -2.51. The molecule has 19 heavy (non-hydrogen) atoms. The predicted octanol–water partition coefficient (Wildman–Crippen LogP) is 4.27. The van der Waals surface area contributed by atoms with Gasteiger partial charge < -0.3 is 5.32 Å². The highest BCUT2D eigenvalue weighted by Gasteiger charge is 2.51. The van der Waals surface area contributed by atoms with Crippen molar-refractivity contribution in [3.63, 3.8) is 0 Å². The van der Waals surface area contributed by atoms with Gasteiger partial charge in [-0.3, -0.25) is 0 Å². The fraction of sp³-hybridized carbons (Fsp3) is 0.600. The maximum absolute atomic E-state index is 13.2. The lowest BCUT2D eigenvalue weighted by Gasteiger charge is -2.33. The molecule has 0 saturated carbocycles. The highest BCUT2D eigenvalue weighted by molar-refractivity contribution is 5.30. The first kappa shape index (κ1) is 16.0. The molecular formula is C15H22F3N. The van der Waals surface area contributed by atoms with E-state index >= 15 is 0 Å². The van der Waals surface area contributed by atoms with Gasteiger partial charge in [0.15, 0.2) is 0 Å². The van der Waals surface area contributed by atoms with Gasteiger partial charge in [0.25, 0.3) is 0 Å². The number of hydrogen-bond acceptors (Lipinski definition) is 1. The number of rotatable bonds is 5. The van der Waals surface area contributed by atoms with E-state index in [4.69, 9.17) is 0 Å². The molecule has 1 unspecified atom stereocenters. The van der Waals surface area contributed by atoms with E-state index in [1.165, 1.54) is 6.92 Å². The summed E-state index contributed by atoms with van der Waals surface area (Å²) in [6.07, 6.45) is -3.44. The molecule has 0 aliphatic heterocycles. The molecule has 0 fully saturated rings. The Hall–Kier alpha value is -1.03. The summed E-state index contributed by atoms with van der Waals surface area (Å²) in [7, 11) is 0. The van der Waals surface area contributed by atoms with Crippen LogP contribution in [-0.4, -0.2) is 12.7 Å². The highest BCUT2D eigenvalue weighted by atomic mass is 19.4. The molecule has 0 spiro atoms. The normalized spacial score (nSPS) is 15.6. The molecule has 4 heteroatoms. The highest BCUT2D eigenvalue weighted by Crippen LogP contribution is 2.38. The Labute approximate surface area is 113 Å². The molecule has 0 amide bonds. The first-order valence-corrected chi connectivity index (χ1v) is 6.62. The zero-order valence-corrected chi connectivity index (χ0v) is 11.9. The van der Waals surface area contributed by atoms with E-state index in [-0.39, 0.29) is 12.1 Å². The van der Waals surface area contributed by atoms with Crippen molar-refractivity contribution in [2.24, 2.45) is 5.92 Å². The lowest BCUT2D eigenvalue weighted by atomic mass is 9.89. The summed E-state index contributed by atoms with van der Waals surface area (Å²) in [5, 5.41) is 2.55. The summed E-state index contributed by atoms with van der Waals surface area (Å²) >= 11 is 0. The second kappa shape index (κ2) is 5.95. The van der Waals surface area contributed by atoms with E-state index in [9.17, 15) is 13.2 Å². The molecule has 0 aliphatic carbocycles. The van der Waals surface area contributed by atoms with E-state index in [0.717, 1.165) is 12.0 Å². The number of alkyl halides is 3. The third-order valence-corrected chi connectivity index (χ3v) is 3.27. The van der Waals surface area contributed by atoms with Crippen molar-refractivity contribution in [1.29, 1.82) is 0 Å². The van der Waals surface area contributed by atoms with Crippen molar-refractivity contribution in [2.75, 3.05) is 6.54 Å². The zero-order chi connectivity index (χ0) is 14.7. The molecule has 0 heterocycles. The maximum atomic E-state index is 13.2. The quantitative estimate of drug-likeness (QED) is 0.844. The molecule has 1 nitrogen and oxygen atoms in total. The van der Waals surface area contributed by atoms with Crippen LogP contribution in [0.1, 0.15) is 38.8 Å². The Morgan fingerprint density at radius 1 is 1.11 bits per heavy atom. The standard InChI is InChI=1S/C15H22F3N/c1-5-19-14(4,15(16,17)18)13-8-6-12(7-9-13)10-11(2)3/h6-9,11,19H,5,10H2,1-4H3. The second-order valence-electron chi connectivity index (χ2n) is 5.45. The zero-order valence-electron chi connectivity index (χ0n) is 11.9. The van der Waals surface area contributed by atoms with Crippen molar-refractivity contribution in [3.8, 4) is 0 Å². The Bertz CT molecular complexity index is 395. The van der Waals surface area contributed by atoms with Crippen LogP contribution in [0.25, 0.3) is 0 Å². The second-order valence-corrected chi connectivity index (χ2v) is 5.45. The van der Waals surface area contributed by atoms with Crippen LogP contribution in [0.5, 0.6) is 0 Å². The smallest absolute Gasteiger partial charge is 0.300 e. The number of benzene rings is 1. The van der Waals surface area contributed by atoms with E-state index in [0.29, 0.717) is 5.92 Å². The average Bonchev–Trinajstić information content (AvgIpc) is 2.27. The van der Waals surface area contributed by atoms with Crippen LogP contribution in [-0.2, 0) is 12.0 Å². The summed E-state index contributed by atoms with van der Waals surface area (Å²) in [4.78, 5) is 0. The molecular weight excluding hydrogens is 251 g/mol. The van der Waals surface area contributed by atoms with Crippen LogP contribution in [0.15, 0.2) is 24.3 Å². The fourth-order valence-corrected chi connectivity index (χ4v) is 2.17. The minimum Gasteiger partial charge on any atom is -0.300 e. The van der Waals surface area contributed by atoms with E-state index in [1.54, 1.807) is 31.2 Å². The number of nitrogens with one attached hydrogen (secondary N) is 1. The first-order chi connectivity index (χ1) is 8.70. The topological polar surface area (TPSA) is 12.0 Å². The van der Waals surface area contributed by atoms with Gasteiger partial charge in [-0.05, 0) is 36.9 Å². The third-order valence-electron chi connectivity index (χ3n) is 3.27. The first-order valence-electron chi connectivity index (χ1n) is 6.62. The van der Waals surface area contributed by atoms with Crippen LogP contribution in [0.2, 0.25) is 0 Å². The Balaban J connectivity index is 3.05. The summed E-state index contributed by atoms with van der Waals surface area (Å²) in [6, 6.07) is 6.73.